The van der Waals surface area contributed by atoms with Crippen molar-refractivity contribution in [1.82, 2.24) is 9.13 Å². The van der Waals surface area contributed by atoms with Gasteiger partial charge in [0, 0.05) is 18.1 Å². The summed E-state index contributed by atoms with van der Waals surface area (Å²) >= 11 is 6.33. The number of hydrogen-bond donors (Lipinski definition) is 1. The van der Waals surface area contributed by atoms with Gasteiger partial charge >= 0.3 is 11.7 Å². The number of carboxylic acid groups (broad SMARTS) is 1. The molecule has 2 heterocycles. The zero-order chi connectivity index (χ0) is 24.5. The number of imidazole rings is 1. The largest absolute Gasteiger partial charge is 0.489 e. The van der Waals surface area contributed by atoms with Gasteiger partial charge in [-0.1, -0.05) is 11.6 Å². The van der Waals surface area contributed by atoms with Gasteiger partial charge in [0.1, 0.15) is 18.2 Å². The fourth-order valence-corrected chi connectivity index (χ4v) is 5.23. The van der Waals surface area contributed by atoms with Crippen LogP contribution in [0.1, 0.15) is 28.8 Å². The summed E-state index contributed by atoms with van der Waals surface area (Å²) in [6.07, 6.45) is 1.16. The molecule has 0 unspecified atom stereocenters. The molecule has 35 heavy (non-hydrogen) atoms. The monoisotopic (exact) mass is 493 g/mol. The highest BCUT2D eigenvalue weighted by molar-refractivity contribution is 6.31. The number of fused-ring (bicyclic) bond motifs is 2. The lowest BCUT2D eigenvalue weighted by molar-refractivity contribution is 0.0696. The minimum absolute atomic E-state index is 0.151. The maximum atomic E-state index is 14.4. The molecule has 2 aliphatic rings. The fraction of sp³-hybridized carbons (Fsp3) is 0.231. The van der Waals surface area contributed by atoms with Crippen LogP contribution in [0.3, 0.4) is 0 Å². The smallest absolute Gasteiger partial charge is 0.335 e. The molecule has 0 spiro atoms. The highest BCUT2D eigenvalue weighted by atomic mass is 35.5. The van der Waals surface area contributed by atoms with E-state index in [2.05, 4.69) is 4.90 Å². The maximum Gasteiger partial charge on any atom is 0.335 e. The highest BCUT2D eigenvalue weighted by Gasteiger charge is 2.49. The molecule has 178 valence electrons. The Hall–Kier alpha value is -3.78. The van der Waals surface area contributed by atoms with E-state index in [-0.39, 0.29) is 11.3 Å². The topological polar surface area (TPSA) is 76.7 Å². The summed E-state index contributed by atoms with van der Waals surface area (Å²) in [5.41, 5.74) is 1.95. The van der Waals surface area contributed by atoms with Gasteiger partial charge < -0.3 is 14.7 Å². The van der Waals surface area contributed by atoms with E-state index >= 15 is 0 Å². The highest BCUT2D eigenvalue weighted by Crippen LogP contribution is 2.50. The summed E-state index contributed by atoms with van der Waals surface area (Å²) in [5.74, 6) is -1.19. The van der Waals surface area contributed by atoms with Crippen molar-refractivity contribution < 1.29 is 19.0 Å². The first kappa shape index (κ1) is 21.7. The van der Waals surface area contributed by atoms with Crippen LogP contribution in [0.25, 0.3) is 16.7 Å². The Morgan fingerprint density at radius 3 is 2.63 bits per heavy atom. The number of carboxylic acids is 1. The van der Waals surface area contributed by atoms with Crippen LogP contribution in [0.15, 0.2) is 59.4 Å². The molecule has 3 aromatic carbocycles. The summed E-state index contributed by atoms with van der Waals surface area (Å²) in [7, 11) is 1.99. The number of aromatic nitrogens is 2. The quantitative estimate of drug-likeness (QED) is 0.448. The van der Waals surface area contributed by atoms with E-state index in [0.717, 1.165) is 18.3 Å². The number of halogens is 2. The van der Waals surface area contributed by atoms with Crippen LogP contribution < -0.4 is 15.3 Å². The third-order valence-electron chi connectivity index (χ3n) is 6.93. The number of ether oxygens (including phenoxy) is 1. The molecule has 9 heteroatoms. The van der Waals surface area contributed by atoms with E-state index in [9.17, 15) is 19.1 Å². The van der Waals surface area contributed by atoms with Gasteiger partial charge in [-0.3, -0.25) is 9.13 Å². The molecule has 0 bridgehead atoms. The second-order valence-electron chi connectivity index (χ2n) is 9.07. The van der Waals surface area contributed by atoms with Gasteiger partial charge in [0.05, 0.1) is 40.1 Å². The molecular weight excluding hydrogens is 473 g/mol. The van der Waals surface area contributed by atoms with Gasteiger partial charge in [-0.05, 0) is 66.9 Å². The average Bonchev–Trinajstić information content (AvgIpc) is 3.57. The number of benzene rings is 3. The van der Waals surface area contributed by atoms with Gasteiger partial charge in [-0.2, -0.15) is 0 Å². The normalized spacial score (nSPS) is 16.1. The summed E-state index contributed by atoms with van der Waals surface area (Å²) in [4.78, 5) is 27.7. The predicted octanol–water partition coefficient (Wildman–Crippen LogP) is 4.65. The molecular formula is C26H21ClFN3O4. The van der Waals surface area contributed by atoms with Crippen molar-refractivity contribution in [3.05, 3.63) is 87.0 Å². The number of hydrogen-bond acceptors (Lipinski definition) is 4. The number of anilines is 1. The Morgan fingerprint density at radius 1 is 1.09 bits per heavy atom. The zero-order valence-corrected chi connectivity index (χ0v) is 19.6. The lowest BCUT2D eigenvalue weighted by atomic mass is 10.0. The minimum Gasteiger partial charge on any atom is -0.489 e. The molecule has 1 aliphatic carbocycles. The van der Waals surface area contributed by atoms with E-state index in [0.29, 0.717) is 52.5 Å². The number of rotatable bonds is 4. The molecule has 0 amide bonds. The Labute approximate surface area is 204 Å². The first-order chi connectivity index (χ1) is 16.8. The predicted molar refractivity (Wildman–Crippen MR) is 131 cm³/mol. The molecule has 4 aromatic rings. The van der Waals surface area contributed by atoms with Gasteiger partial charge in [0.2, 0.25) is 0 Å². The second-order valence-corrected chi connectivity index (χ2v) is 9.51. The Morgan fingerprint density at radius 2 is 1.89 bits per heavy atom. The molecule has 7 nitrogen and oxygen atoms in total. The molecule has 0 atom stereocenters. The Kier molecular flexibility index (Phi) is 4.73. The van der Waals surface area contributed by atoms with E-state index in [1.165, 1.54) is 12.1 Å². The number of aromatic carboxylic acids is 1. The van der Waals surface area contributed by atoms with Crippen LogP contribution in [-0.4, -0.2) is 40.4 Å². The van der Waals surface area contributed by atoms with Gasteiger partial charge in [-0.25, -0.2) is 14.0 Å². The molecule has 1 aliphatic heterocycles. The van der Waals surface area contributed by atoms with Crippen LogP contribution in [0, 0.1) is 5.82 Å². The molecule has 0 saturated heterocycles. The molecule has 1 fully saturated rings. The molecule has 1 aromatic heterocycles. The van der Waals surface area contributed by atoms with Crippen molar-refractivity contribution in [3.63, 3.8) is 0 Å². The number of nitrogens with zero attached hydrogens (tertiary/aromatic N) is 3. The van der Waals surface area contributed by atoms with Crippen LogP contribution in [-0.2, 0) is 5.54 Å². The lowest BCUT2D eigenvalue weighted by Gasteiger charge is -2.28. The standard InChI is InChI=1S/C26H21ClFN3O4/c1-29-8-9-35-23-14-19(3-5-21(23)29)30-22-13-17(27)2-4-20(22)31(25(30)34)26(6-7-26)16-10-15(24(32)33)11-18(28)12-16/h2-5,10-14H,6-9H2,1H3,(H,32,33). The van der Waals surface area contributed by atoms with Crippen molar-refractivity contribution in [3.8, 4) is 11.4 Å². The third-order valence-corrected chi connectivity index (χ3v) is 7.17. The summed E-state index contributed by atoms with van der Waals surface area (Å²) in [6, 6.07) is 14.6. The maximum absolute atomic E-state index is 14.4. The third kappa shape index (κ3) is 3.31. The van der Waals surface area contributed by atoms with Crippen molar-refractivity contribution >= 4 is 34.3 Å². The van der Waals surface area contributed by atoms with Gasteiger partial charge in [0.15, 0.2) is 0 Å². The van der Waals surface area contributed by atoms with Crippen molar-refractivity contribution in [2.45, 2.75) is 18.4 Å². The Bertz CT molecular complexity index is 1590. The van der Waals surface area contributed by atoms with E-state index in [1.807, 2.05) is 25.2 Å². The van der Waals surface area contributed by atoms with Gasteiger partial charge in [0.25, 0.3) is 0 Å². The lowest BCUT2D eigenvalue weighted by Crippen LogP contribution is -2.33. The molecule has 0 radical (unpaired) electrons. The second kappa shape index (κ2) is 7.61. The molecule has 1 saturated carbocycles. The van der Waals surface area contributed by atoms with E-state index < -0.39 is 17.3 Å². The van der Waals surface area contributed by atoms with Crippen LogP contribution >= 0.6 is 11.6 Å². The molecule has 6 rings (SSSR count). The first-order valence-corrected chi connectivity index (χ1v) is 11.6. The van der Waals surface area contributed by atoms with Crippen LogP contribution in [0.5, 0.6) is 5.75 Å². The fourth-order valence-electron chi connectivity index (χ4n) is 5.06. The SMILES string of the molecule is CN1CCOc2cc(-n3c(=O)n(C4(c5cc(F)cc(C(=O)O)c5)CC4)c4ccc(Cl)cc43)ccc21. The van der Waals surface area contributed by atoms with E-state index in [4.69, 9.17) is 16.3 Å². The van der Waals surface area contributed by atoms with Crippen molar-refractivity contribution in [1.29, 1.82) is 0 Å². The van der Waals surface area contributed by atoms with Crippen molar-refractivity contribution in [2.75, 3.05) is 25.1 Å². The zero-order valence-electron chi connectivity index (χ0n) is 18.8. The number of likely N-dealkylation sites (N-methyl/N-ethyl adjacent to an activating group) is 1. The van der Waals surface area contributed by atoms with Crippen molar-refractivity contribution in [2.24, 2.45) is 0 Å². The van der Waals surface area contributed by atoms with Crippen LogP contribution in [0.4, 0.5) is 10.1 Å². The summed E-state index contributed by atoms with van der Waals surface area (Å²) in [6.45, 7) is 1.32. The summed E-state index contributed by atoms with van der Waals surface area (Å²) in [5, 5.41) is 9.92. The van der Waals surface area contributed by atoms with Gasteiger partial charge in [-0.15, -0.1) is 0 Å². The first-order valence-electron chi connectivity index (χ1n) is 11.2. The summed E-state index contributed by atoms with van der Waals surface area (Å²) < 4.78 is 23.5. The Balaban J connectivity index is 1.60. The number of carbonyl (C=O) groups is 1. The van der Waals surface area contributed by atoms with E-state index in [1.54, 1.807) is 27.3 Å². The average molecular weight is 494 g/mol. The van der Waals surface area contributed by atoms with Crippen LogP contribution in [0.2, 0.25) is 5.02 Å². The molecule has 1 N–H and O–H groups in total. The minimum atomic E-state index is -1.22.